The predicted molar refractivity (Wildman–Crippen MR) is 64.4 cm³/mol. The quantitative estimate of drug-likeness (QED) is 0.749. The lowest BCUT2D eigenvalue weighted by atomic mass is 9.96. The fourth-order valence-electron chi connectivity index (χ4n) is 2.90. The maximum atomic E-state index is 11.7. The van der Waals surface area contributed by atoms with Crippen molar-refractivity contribution >= 4 is 12.2 Å². The van der Waals surface area contributed by atoms with Crippen molar-refractivity contribution in [3.63, 3.8) is 0 Å². The van der Waals surface area contributed by atoms with Gasteiger partial charge < -0.3 is 20.1 Å². The summed E-state index contributed by atoms with van der Waals surface area (Å²) >= 11 is 0. The van der Waals surface area contributed by atoms with Crippen molar-refractivity contribution in [2.45, 2.75) is 63.8 Å². The molecule has 2 fully saturated rings. The van der Waals surface area contributed by atoms with Crippen molar-refractivity contribution in [2.75, 3.05) is 0 Å². The Balaban J connectivity index is 1.93. The van der Waals surface area contributed by atoms with Crippen molar-refractivity contribution in [2.24, 2.45) is 0 Å². The van der Waals surface area contributed by atoms with Crippen LogP contribution in [0.4, 0.5) is 9.59 Å². The summed E-state index contributed by atoms with van der Waals surface area (Å²) in [6.07, 6.45) is 1.04. The van der Waals surface area contributed by atoms with Crippen LogP contribution in [0.2, 0.25) is 0 Å². The van der Waals surface area contributed by atoms with Crippen LogP contribution in [0.25, 0.3) is 0 Å². The largest absolute Gasteiger partial charge is 0.465 e. The van der Waals surface area contributed by atoms with E-state index in [-0.39, 0.29) is 18.1 Å². The summed E-state index contributed by atoms with van der Waals surface area (Å²) in [4.78, 5) is 24.2. The molecule has 3 atom stereocenters. The van der Waals surface area contributed by atoms with Crippen molar-refractivity contribution in [1.82, 2.24) is 10.2 Å². The number of alkyl carbamates (subject to hydrolysis) is 1. The maximum absolute atomic E-state index is 11.7. The van der Waals surface area contributed by atoms with Crippen LogP contribution in [0.5, 0.6) is 0 Å². The molecule has 0 radical (unpaired) electrons. The van der Waals surface area contributed by atoms with Gasteiger partial charge in [-0.3, -0.25) is 0 Å². The van der Waals surface area contributed by atoms with Crippen LogP contribution in [-0.2, 0) is 4.74 Å². The predicted octanol–water partition coefficient (Wildman–Crippen LogP) is 1.79. The average molecular weight is 256 g/mol. The molecular formula is C12H20N2O4. The summed E-state index contributed by atoms with van der Waals surface area (Å²) in [5.41, 5.74) is -0.534. The molecule has 2 rings (SSSR count). The van der Waals surface area contributed by atoms with Crippen LogP contribution < -0.4 is 5.32 Å². The average Bonchev–Trinajstić information content (AvgIpc) is 2.70. The third-order valence-corrected chi connectivity index (χ3v) is 3.46. The van der Waals surface area contributed by atoms with Gasteiger partial charge in [0, 0.05) is 6.04 Å². The lowest BCUT2D eigenvalue weighted by Crippen LogP contribution is -2.46. The third-order valence-electron chi connectivity index (χ3n) is 3.46. The molecule has 2 aliphatic rings. The number of carbonyl (C=O) groups is 2. The summed E-state index contributed by atoms with van der Waals surface area (Å²) in [6, 6.07) is -0.165. The van der Waals surface area contributed by atoms with Crippen molar-refractivity contribution in [3.8, 4) is 0 Å². The molecule has 0 spiro atoms. The number of hydrogen-bond donors (Lipinski definition) is 2. The van der Waals surface area contributed by atoms with E-state index in [2.05, 4.69) is 5.32 Å². The first kappa shape index (κ1) is 13.0. The minimum absolute atomic E-state index is 0.0486. The molecule has 2 N–H and O–H groups in total. The van der Waals surface area contributed by atoms with E-state index in [1.54, 1.807) is 20.8 Å². The molecule has 6 nitrogen and oxygen atoms in total. The Bertz CT molecular complexity index is 364. The molecule has 0 saturated carbocycles. The van der Waals surface area contributed by atoms with E-state index >= 15 is 0 Å². The molecule has 0 aromatic heterocycles. The number of ether oxygens (including phenoxy) is 1. The number of carboxylic acid groups (broad SMARTS) is 1. The number of carbonyl (C=O) groups excluding carboxylic acids is 1. The van der Waals surface area contributed by atoms with Crippen LogP contribution in [0.3, 0.4) is 0 Å². The summed E-state index contributed by atoms with van der Waals surface area (Å²) in [7, 11) is 0. The second-order valence-electron chi connectivity index (χ2n) is 5.98. The van der Waals surface area contributed by atoms with Gasteiger partial charge >= 0.3 is 12.2 Å². The van der Waals surface area contributed by atoms with Crippen LogP contribution in [0.15, 0.2) is 0 Å². The van der Waals surface area contributed by atoms with Gasteiger partial charge in [-0.1, -0.05) is 0 Å². The third kappa shape index (κ3) is 2.52. The fraction of sp³-hybridized carbons (Fsp3) is 0.833. The lowest BCUT2D eigenvalue weighted by Gasteiger charge is -2.25. The zero-order valence-corrected chi connectivity index (χ0v) is 11.0. The zero-order valence-electron chi connectivity index (χ0n) is 11.0. The topological polar surface area (TPSA) is 78.9 Å². The van der Waals surface area contributed by atoms with Gasteiger partial charge in [0.2, 0.25) is 0 Å². The van der Waals surface area contributed by atoms with E-state index in [0.29, 0.717) is 6.42 Å². The molecule has 0 aromatic rings. The van der Waals surface area contributed by atoms with Gasteiger partial charge in [0.05, 0.1) is 12.1 Å². The van der Waals surface area contributed by atoms with Crippen molar-refractivity contribution in [3.05, 3.63) is 0 Å². The molecule has 2 amide bonds. The number of fused-ring (bicyclic) bond motifs is 2. The molecule has 0 aliphatic carbocycles. The molecule has 2 saturated heterocycles. The molecule has 2 aliphatic heterocycles. The molecule has 2 bridgehead atoms. The van der Waals surface area contributed by atoms with Gasteiger partial charge in [0.25, 0.3) is 0 Å². The summed E-state index contributed by atoms with van der Waals surface area (Å²) in [6.45, 7) is 5.41. The van der Waals surface area contributed by atoms with Gasteiger partial charge in [0.15, 0.2) is 0 Å². The normalized spacial score (nSPS) is 30.4. The first-order valence-electron chi connectivity index (χ1n) is 6.29. The number of nitrogens with zero attached hydrogens (tertiary/aromatic N) is 1. The number of hydrogen-bond acceptors (Lipinski definition) is 3. The zero-order chi connectivity index (χ0) is 13.5. The second kappa shape index (κ2) is 4.33. The van der Waals surface area contributed by atoms with Crippen LogP contribution >= 0.6 is 0 Å². The standard InChI is InChI=1S/C12H20N2O4/c1-12(2,3)18-10(15)13-8-6-7-4-5-9(8)14(7)11(16)17/h7-9H,4-6H2,1-3H3,(H,13,15)(H,16,17)/t7-,8+,9+/m0/s1. The molecule has 0 unspecified atom stereocenters. The van der Waals surface area contributed by atoms with Crippen LogP contribution in [-0.4, -0.2) is 45.9 Å². The first-order valence-corrected chi connectivity index (χ1v) is 6.29. The van der Waals surface area contributed by atoms with E-state index in [0.717, 1.165) is 12.8 Å². The molecular weight excluding hydrogens is 236 g/mol. The van der Waals surface area contributed by atoms with E-state index in [1.807, 2.05) is 0 Å². The minimum Gasteiger partial charge on any atom is -0.465 e. The number of nitrogens with one attached hydrogen (secondary N) is 1. The maximum Gasteiger partial charge on any atom is 0.407 e. The highest BCUT2D eigenvalue weighted by Crippen LogP contribution is 2.37. The number of rotatable bonds is 1. The Morgan fingerprint density at radius 1 is 1.33 bits per heavy atom. The molecule has 2 heterocycles. The Morgan fingerprint density at radius 3 is 2.50 bits per heavy atom. The molecule has 18 heavy (non-hydrogen) atoms. The summed E-state index contributed by atoms with van der Waals surface area (Å²) in [5.74, 6) is 0. The van der Waals surface area contributed by atoms with Gasteiger partial charge in [-0.2, -0.15) is 0 Å². The van der Waals surface area contributed by atoms with Gasteiger partial charge in [0.1, 0.15) is 5.60 Å². The van der Waals surface area contributed by atoms with Crippen molar-refractivity contribution in [1.29, 1.82) is 0 Å². The Morgan fingerprint density at radius 2 is 2.00 bits per heavy atom. The Labute approximate surface area is 106 Å². The summed E-state index contributed by atoms with van der Waals surface area (Å²) < 4.78 is 5.19. The highest BCUT2D eigenvalue weighted by atomic mass is 16.6. The molecule has 6 heteroatoms. The fourth-order valence-corrected chi connectivity index (χ4v) is 2.90. The van der Waals surface area contributed by atoms with Gasteiger partial charge in [-0.15, -0.1) is 0 Å². The Kier molecular flexibility index (Phi) is 3.12. The molecule has 102 valence electrons. The van der Waals surface area contributed by atoms with E-state index in [1.165, 1.54) is 4.90 Å². The van der Waals surface area contributed by atoms with Crippen LogP contribution in [0.1, 0.15) is 40.0 Å². The van der Waals surface area contributed by atoms with E-state index < -0.39 is 17.8 Å². The smallest absolute Gasteiger partial charge is 0.407 e. The summed E-state index contributed by atoms with van der Waals surface area (Å²) in [5, 5.41) is 11.9. The monoisotopic (exact) mass is 256 g/mol. The van der Waals surface area contributed by atoms with E-state index in [4.69, 9.17) is 9.84 Å². The van der Waals surface area contributed by atoms with E-state index in [9.17, 15) is 9.59 Å². The lowest BCUT2D eigenvalue weighted by molar-refractivity contribution is 0.0490. The minimum atomic E-state index is -0.893. The highest BCUT2D eigenvalue weighted by molar-refractivity contribution is 5.70. The van der Waals surface area contributed by atoms with Crippen molar-refractivity contribution < 1.29 is 19.4 Å². The van der Waals surface area contributed by atoms with Crippen LogP contribution in [0, 0.1) is 0 Å². The van der Waals surface area contributed by atoms with Gasteiger partial charge in [-0.25, -0.2) is 9.59 Å². The SMILES string of the molecule is CC(C)(C)OC(=O)N[C@@H]1C[C@@H]2CC[C@H]1N2C(=O)O. The second-order valence-corrected chi connectivity index (χ2v) is 5.98. The first-order chi connectivity index (χ1) is 8.28. The Hall–Kier alpha value is -1.46. The van der Waals surface area contributed by atoms with Gasteiger partial charge in [-0.05, 0) is 40.0 Å². The number of amides is 2. The molecule has 0 aromatic carbocycles. The highest BCUT2D eigenvalue weighted by Gasteiger charge is 2.49.